The summed E-state index contributed by atoms with van der Waals surface area (Å²) >= 11 is 0. The van der Waals surface area contributed by atoms with E-state index in [9.17, 15) is 14.7 Å². The first kappa shape index (κ1) is 27.6. The molecule has 0 bridgehead atoms. The fourth-order valence-electron chi connectivity index (χ4n) is 3.93. The summed E-state index contributed by atoms with van der Waals surface area (Å²) in [6.45, 7) is 12.5. The van der Waals surface area contributed by atoms with Crippen LogP contribution in [0.5, 0.6) is 0 Å². The van der Waals surface area contributed by atoms with Gasteiger partial charge < -0.3 is 15.3 Å². The number of nitrogens with one attached hydrogen (secondary N) is 1. The molecular formula is C28H42N2O3Si. The Labute approximate surface area is 206 Å². The monoisotopic (exact) mass is 482 g/mol. The van der Waals surface area contributed by atoms with Crippen molar-refractivity contribution in [3.63, 3.8) is 0 Å². The lowest BCUT2D eigenvalue weighted by atomic mass is 10.1. The molecule has 34 heavy (non-hydrogen) atoms. The van der Waals surface area contributed by atoms with Crippen LogP contribution in [0.3, 0.4) is 0 Å². The molecule has 0 spiro atoms. The van der Waals surface area contributed by atoms with Gasteiger partial charge in [-0.1, -0.05) is 76.1 Å². The van der Waals surface area contributed by atoms with Crippen molar-refractivity contribution >= 4 is 25.8 Å². The van der Waals surface area contributed by atoms with Crippen LogP contribution in [-0.4, -0.2) is 36.6 Å². The number of aryl methyl sites for hydroxylation is 2. The fraction of sp³-hybridized carbons (Fsp3) is 0.500. The molecule has 2 amide bonds. The minimum atomic E-state index is -1.04. The number of carboxylic acids is 1. The van der Waals surface area contributed by atoms with Gasteiger partial charge in [-0.3, -0.25) is 0 Å². The third-order valence-corrected chi connectivity index (χ3v) is 7.93. The highest BCUT2D eigenvalue weighted by Crippen LogP contribution is 2.19. The van der Waals surface area contributed by atoms with Gasteiger partial charge in [0.1, 0.15) is 0 Å². The molecule has 0 aromatic heterocycles. The van der Waals surface area contributed by atoms with E-state index in [1.807, 2.05) is 11.8 Å². The summed E-state index contributed by atoms with van der Waals surface area (Å²) in [6, 6.07) is 14.6. The smallest absolute Gasteiger partial charge is 0.335 e. The van der Waals surface area contributed by atoms with Gasteiger partial charge in [0, 0.05) is 26.9 Å². The van der Waals surface area contributed by atoms with Crippen molar-refractivity contribution in [2.24, 2.45) is 0 Å². The summed E-state index contributed by atoms with van der Waals surface area (Å²) in [5, 5.41) is 12.2. The SMILES string of the molecule is CCCCc1ccc(CN(CCCCC[Si](C)(C)C)C(=O)Nc2ccc(C(=O)O)cc2C)cc1. The number of rotatable bonds is 13. The Morgan fingerprint density at radius 3 is 2.21 bits per heavy atom. The predicted molar refractivity (Wildman–Crippen MR) is 145 cm³/mol. The van der Waals surface area contributed by atoms with Crippen molar-refractivity contribution in [3.05, 3.63) is 64.7 Å². The molecule has 0 fully saturated rings. The maximum Gasteiger partial charge on any atom is 0.335 e. The molecule has 0 aliphatic carbocycles. The molecule has 2 aromatic rings. The van der Waals surface area contributed by atoms with Crippen LogP contribution in [0.25, 0.3) is 0 Å². The number of carbonyl (C=O) groups is 2. The quantitative estimate of drug-likeness (QED) is 0.228. The molecule has 0 aliphatic heterocycles. The molecule has 0 atom stereocenters. The predicted octanol–water partition coefficient (Wildman–Crippen LogP) is 7.58. The maximum atomic E-state index is 13.2. The highest BCUT2D eigenvalue weighted by atomic mass is 28.3. The largest absolute Gasteiger partial charge is 0.478 e. The third kappa shape index (κ3) is 9.72. The molecule has 6 heteroatoms. The zero-order valence-corrected chi connectivity index (χ0v) is 22.6. The summed E-state index contributed by atoms with van der Waals surface area (Å²) in [5.41, 5.74) is 4.06. The van der Waals surface area contributed by atoms with E-state index in [-0.39, 0.29) is 11.6 Å². The molecule has 2 rings (SSSR count). The van der Waals surface area contributed by atoms with Crippen LogP contribution in [0.15, 0.2) is 42.5 Å². The van der Waals surface area contributed by atoms with E-state index in [2.05, 4.69) is 56.1 Å². The molecule has 186 valence electrons. The number of aromatic carboxylic acids is 1. The first-order valence-corrected chi connectivity index (χ1v) is 16.3. The number of hydrogen-bond acceptors (Lipinski definition) is 2. The number of urea groups is 1. The van der Waals surface area contributed by atoms with Crippen LogP contribution < -0.4 is 5.32 Å². The average Bonchev–Trinajstić information content (AvgIpc) is 2.77. The fourth-order valence-corrected chi connectivity index (χ4v) is 5.24. The number of nitrogens with zero attached hydrogens (tertiary/aromatic N) is 1. The van der Waals surface area contributed by atoms with Gasteiger partial charge in [-0.15, -0.1) is 0 Å². The Hall–Kier alpha value is -2.60. The van der Waals surface area contributed by atoms with Crippen LogP contribution in [0.1, 0.15) is 66.1 Å². The molecule has 2 aromatic carbocycles. The zero-order valence-electron chi connectivity index (χ0n) is 21.6. The van der Waals surface area contributed by atoms with Gasteiger partial charge in [0.25, 0.3) is 0 Å². The topological polar surface area (TPSA) is 69.6 Å². The van der Waals surface area contributed by atoms with Gasteiger partial charge in [-0.25, -0.2) is 9.59 Å². The second-order valence-corrected chi connectivity index (χ2v) is 16.1. The van der Waals surface area contributed by atoms with Crippen molar-refractivity contribution in [2.45, 2.75) is 84.6 Å². The highest BCUT2D eigenvalue weighted by molar-refractivity contribution is 6.76. The van der Waals surface area contributed by atoms with Gasteiger partial charge in [-0.05, 0) is 61.1 Å². The lowest BCUT2D eigenvalue weighted by Crippen LogP contribution is -2.35. The third-order valence-electron chi connectivity index (χ3n) is 6.07. The Kier molecular flexibility index (Phi) is 10.8. The lowest BCUT2D eigenvalue weighted by Gasteiger charge is -2.24. The second kappa shape index (κ2) is 13.3. The summed E-state index contributed by atoms with van der Waals surface area (Å²) < 4.78 is 0. The van der Waals surface area contributed by atoms with Gasteiger partial charge in [0.15, 0.2) is 0 Å². The van der Waals surface area contributed by atoms with Crippen molar-refractivity contribution < 1.29 is 14.7 Å². The van der Waals surface area contributed by atoms with Gasteiger partial charge >= 0.3 is 12.0 Å². The molecule has 5 nitrogen and oxygen atoms in total. The normalized spacial score (nSPS) is 11.3. The molecule has 0 heterocycles. The average molecular weight is 483 g/mol. The van der Waals surface area contributed by atoms with E-state index < -0.39 is 14.0 Å². The van der Waals surface area contributed by atoms with E-state index in [0.717, 1.165) is 30.4 Å². The Bertz CT molecular complexity index is 936. The molecule has 0 unspecified atom stereocenters. The Balaban J connectivity index is 2.07. The minimum Gasteiger partial charge on any atom is -0.478 e. The number of benzene rings is 2. The van der Waals surface area contributed by atoms with E-state index in [1.54, 1.807) is 12.1 Å². The van der Waals surface area contributed by atoms with Crippen molar-refractivity contribution in [3.8, 4) is 0 Å². The van der Waals surface area contributed by atoms with E-state index in [1.165, 1.54) is 36.9 Å². The first-order chi connectivity index (χ1) is 16.1. The summed E-state index contributed by atoms with van der Waals surface area (Å²) in [5.74, 6) is -0.969. The van der Waals surface area contributed by atoms with Crippen LogP contribution in [0, 0.1) is 6.92 Å². The lowest BCUT2D eigenvalue weighted by molar-refractivity contribution is 0.0696. The van der Waals surface area contributed by atoms with Crippen LogP contribution in [0.4, 0.5) is 10.5 Å². The van der Waals surface area contributed by atoms with E-state index in [0.29, 0.717) is 18.8 Å². The van der Waals surface area contributed by atoms with Crippen LogP contribution in [0.2, 0.25) is 25.7 Å². The molecule has 0 radical (unpaired) electrons. The Morgan fingerprint density at radius 2 is 1.62 bits per heavy atom. The number of anilines is 1. The zero-order chi connectivity index (χ0) is 25.1. The number of carbonyl (C=O) groups excluding carboxylic acids is 1. The number of unbranched alkanes of at least 4 members (excludes halogenated alkanes) is 3. The summed E-state index contributed by atoms with van der Waals surface area (Å²) in [7, 11) is -1.04. The van der Waals surface area contributed by atoms with Gasteiger partial charge in [0.2, 0.25) is 0 Å². The van der Waals surface area contributed by atoms with Crippen molar-refractivity contribution in [2.75, 3.05) is 11.9 Å². The van der Waals surface area contributed by atoms with Gasteiger partial charge in [-0.2, -0.15) is 0 Å². The molecule has 0 saturated heterocycles. The molecule has 0 aliphatic rings. The highest BCUT2D eigenvalue weighted by Gasteiger charge is 2.17. The number of hydrogen-bond donors (Lipinski definition) is 2. The number of amides is 2. The van der Waals surface area contributed by atoms with Crippen LogP contribution >= 0.6 is 0 Å². The molecular weight excluding hydrogens is 440 g/mol. The molecule has 0 saturated carbocycles. The number of carboxylic acid groups (broad SMARTS) is 1. The second-order valence-electron chi connectivity index (χ2n) is 10.5. The standard InChI is InChI=1S/C28H42N2O3Si/c1-6-7-11-23-12-14-24(15-13-23)21-30(18-9-8-10-19-34(3,4)5)28(33)29-26-17-16-25(27(31)32)20-22(26)2/h12-17,20H,6-11,18-19,21H2,1-5H3,(H,29,33)(H,31,32). The Morgan fingerprint density at radius 1 is 0.941 bits per heavy atom. The summed E-state index contributed by atoms with van der Waals surface area (Å²) in [4.78, 5) is 26.3. The minimum absolute atomic E-state index is 0.147. The van der Waals surface area contributed by atoms with Crippen LogP contribution in [-0.2, 0) is 13.0 Å². The van der Waals surface area contributed by atoms with E-state index >= 15 is 0 Å². The molecule has 2 N–H and O–H groups in total. The van der Waals surface area contributed by atoms with Gasteiger partial charge in [0.05, 0.1) is 5.56 Å². The van der Waals surface area contributed by atoms with Crippen molar-refractivity contribution in [1.82, 2.24) is 4.90 Å². The first-order valence-electron chi connectivity index (χ1n) is 12.6. The van der Waals surface area contributed by atoms with E-state index in [4.69, 9.17) is 0 Å². The maximum absolute atomic E-state index is 13.2. The summed E-state index contributed by atoms with van der Waals surface area (Å²) in [6.07, 6.45) is 6.77. The van der Waals surface area contributed by atoms with Crippen molar-refractivity contribution in [1.29, 1.82) is 0 Å².